The van der Waals surface area contributed by atoms with Gasteiger partial charge in [-0.25, -0.2) is 12.7 Å². The van der Waals surface area contributed by atoms with Gasteiger partial charge in [0.2, 0.25) is 10.0 Å². The summed E-state index contributed by atoms with van der Waals surface area (Å²) in [7, 11) is 1.27. The van der Waals surface area contributed by atoms with E-state index in [0.29, 0.717) is 24.8 Å². The summed E-state index contributed by atoms with van der Waals surface area (Å²) in [5.74, 6) is 1.91. The van der Waals surface area contributed by atoms with E-state index < -0.39 is 10.0 Å². The summed E-state index contributed by atoms with van der Waals surface area (Å²) in [5, 5.41) is 3.53. The summed E-state index contributed by atoms with van der Waals surface area (Å²) in [6.07, 6.45) is 0. The minimum Gasteiger partial charge on any atom is -0.497 e. The van der Waals surface area contributed by atoms with Gasteiger partial charge in [0.25, 0.3) is 0 Å². The molecular formula is C21H30N2O4S. The van der Waals surface area contributed by atoms with Crippen LogP contribution >= 0.6 is 0 Å². The molecular weight excluding hydrogens is 376 g/mol. The highest BCUT2D eigenvalue weighted by molar-refractivity contribution is 7.89. The van der Waals surface area contributed by atoms with Crippen molar-refractivity contribution in [2.24, 2.45) is 5.92 Å². The molecule has 0 aliphatic carbocycles. The van der Waals surface area contributed by atoms with E-state index in [9.17, 15) is 8.42 Å². The fourth-order valence-corrected chi connectivity index (χ4v) is 3.75. The van der Waals surface area contributed by atoms with Crippen molar-refractivity contribution in [3.05, 3.63) is 54.1 Å². The molecule has 28 heavy (non-hydrogen) atoms. The van der Waals surface area contributed by atoms with Gasteiger partial charge in [-0.05, 0) is 47.9 Å². The minimum absolute atomic E-state index is 0.210. The van der Waals surface area contributed by atoms with Gasteiger partial charge in [0.05, 0.1) is 12.0 Å². The number of rotatable bonds is 10. The number of hydrogen-bond acceptors (Lipinski definition) is 5. The predicted molar refractivity (Wildman–Crippen MR) is 111 cm³/mol. The fraction of sp³-hybridized carbons (Fsp3) is 0.429. The maximum Gasteiger partial charge on any atom is 0.242 e. The van der Waals surface area contributed by atoms with Crippen molar-refractivity contribution in [3.63, 3.8) is 0 Å². The first-order valence-corrected chi connectivity index (χ1v) is 10.7. The third kappa shape index (κ3) is 5.70. The number of nitrogens with one attached hydrogen (secondary N) is 1. The zero-order valence-corrected chi connectivity index (χ0v) is 18.0. The minimum atomic E-state index is -3.42. The van der Waals surface area contributed by atoms with Gasteiger partial charge < -0.3 is 14.8 Å². The van der Waals surface area contributed by atoms with Gasteiger partial charge in [-0.1, -0.05) is 26.0 Å². The van der Waals surface area contributed by atoms with E-state index in [1.165, 1.54) is 24.0 Å². The van der Waals surface area contributed by atoms with Crippen LogP contribution in [0.5, 0.6) is 11.5 Å². The molecule has 6 nitrogen and oxygen atoms in total. The van der Waals surface area contributed by atoms with Crippen LogP contribution in [0.15, 0.2) is 53.4 Å². The molecule has 1 N–H and O–H groups in total. The molecule has 7 heteroatoms. The number of methoxy groups -OCH3 is 1. The van der Waals surface area contributed by atoms with E-state index in [2.05, 4.69) is 31.3 Å². The van der Waals surface area contributed by atoms with Crippen LogP contribution in [-0.4, -0.2) is 47.1 Å². The number of hydrogen-bond donors (Lipinski definition) is 1. The number of benzene rings is 2. The van der Waals surface area contributed by atoms with E-state index in [-0.39, 0.29) is 10.9 Å². The van der Waals surface area contributed by atoms with E-state index in [1.54, 1.807) is 31.4 Å². The van der Waals surface area contributed by atoms with Gasteiger partial charge in [0, 0.05) is 26.7 Å². The standard InChI is InChI=1S/C21H30N2O4S/c1-16(2)21(17-6-8-18(26-5)9-7-17)22-14-15-27-19-10-12-20(13-11-19)28(24,25)23(3)4/h6-13,16,21-22H,14-15H2,1-5H3. The fourth-order valence-electron chi connectivity index (χ4n) is 2.85. The lowest BCUT2D eigenvalue weighted by atomic mass is 9.96. The first-order valence-electron chi connectivity index (χ1n) is 9.28. The summed E-state index contributed by atoms with van der Waals surface area (Å²) in [5.41, 5.74) is 1.20. The van der Waals surface area contributed by atoms with Crippen molar-refractivity contribution in [1.29, 1.82) is 0 Å². The van der Waals surface area contributed by atoms with Crippen molar-refractivity contribution >= 4 is 10.0 Å². The molecule has 1 atom stereocenters. The Labute approximate surface area is 168 Å². The second-order valence-corrected chi connectivity index (χ2v) is 9.21. The average Bonchev–Trinajstić information content (AvgIpc) is 2.68. The molecule has 2 aromatic rings. The highest BCUT2D eigenvalue weighted by Crippen LogP contribution is 2.24. The summed E-state index contributed by atoms with van der Waals surface area (Å²) < 4.78 is 36.3. The normalized spacial score (nSPS) is 13.0. The van der Waals surface area contributed by atoms with Crippen molar-refractivity contribution < 1.29 is 17.9 Å². The summed E-state index contributed by atoms with van der Waals surface area (Å²) >= 11 is 0. The predicted octanol–water partition coefficient (Wildman–Crippen LogP) is 3.31. The maximum atomic E-state index is 12.1. The molecule has 0 heterocycles. The first-order chi connectivity index (χ1) is 13.3. The Bertz CT molecular complexity index is 832. The van der Waals surface area contributed by atoms with Gasteiger partial charge in [-0.2, -0.15) is 0 Å². The zero-order valence-electron chi connectivity index (χ0n) is 17.2. The van der Waals surface area contributed by atoms with Crippen LogP contribution in [0.2, 0.25) is 0 Å². The van der Waals surface area contributed by atoms with E-state index in [0.717, 1.165) is 5.75 Å². The highest BCUT2D eigenvalue weighted by atomic mass is 32.2. The van der Waals surface area contributed by atoms with Gasteiger partial charge in [-0.15, -0.1) is 0 Å². The van der Waals surface area contributed by atoms with Gasteiger partial charge >= 0.3 is 0 Å². The summed E-state index contributed by atoms with van der Waals surface area (Å²) in [6, 6.07) is 14.8. The Hall–Kier alpha value is -2.09. The quantitative estimate of drug-likeness (QED) is 0.613. The van der Waals surface area contributed by atoms with Crippen LogP contribution in [-0.2, 0) is 10.0 Å². The van der Waals surface area contributed by atoms with Crippen molar-refractivity contribution in [2.45, 2.75) is 24.8 Å². The average molecular weight is 407 g/mol. The SMILES string of the molecule is COc1ccc(C(NCCOc2ccc(S(=O)(=O)N(C)C)cc2)C(C)C)cc1. The molecule has 0 fully saturated rings. The smallest absolute Gasteiger partial charge is 0.242 e. The first kappa shape index (κ1) is 22.2. The van der Waals surface area contributed by atoms with Crippen molar-refractivity contribution in [1.82, 2.24) is 9.62 Å². The Morgan fingerprint density at radius 3 is 2.04 bits per heavy atom. The molecule has 0 spiro atoms. The Morgan fingerprint density at radius 2 is 1.54 bits per heavy atom. The summed E-state index contributed by atoms with van der Waals surface area (Å²) in [6.45, 7) is 5.51. The van der Waals surface area contributed by atoms with Gasteiger partial charge in [0.1, 0.15) is 18.1 Å². The Morgan fingerprint density at radius 1 is 0.964 bits per heavy atom. The molecule has 0 saturated carbocycles. The van der Waals surface area contributed by atoms with Crippen LogP contribution in [0.4, 0.5) is 0 Å². The molecule has 0 radical (unpaired) electrons. The van der Waals surface area contributed by atoms with Crippen LogP contribution in [0, 0.1) is 5.92 Å². The second kappa shape index (κ2) is 9.91. The summed E-state index contributed by atoms with van der Waals surface area (Å²) in [4.78, 5) is 0.252. The van der Waals surface area contributed by atoms with Crippen molar-refractivity contribution in [2.75, 3.05) is 34.4 Å². The molecule has 0 saturated heterocycles. The topological polar surface area (TPSA) is 67.9 Å². The molecule has 0 aliphatic heterocycles. The lowest BCUT2D eigenvalue weighted by Gasteiger charge is -2.23. The number of ether oxygens (including phenoxy) is 2. The zero-order chi connectivity index (χ0) is 20.7. The van der Waals surface area contributed by atoms with Gasteiger partial charge in [-0.3, -0.25) is 0 Å². The maximum absolute atomic E-state index is 12.1. The number of nitrogens with zero attached hydrogens (tertiary/aromatic N) is 1. The van der Waals surface area contributed by atoms with Crippen LogP contribution < -0.4 is 14.8 Å². The highest BCUT2D eigenvalue weighted by Gasteiger charge is 2.17. The molecule has 154 valence electrons. The lowest BCUT2D eigenvalue weighted by Crippen LogP contribution is -2.29. The third-order valence-electron chi connectivity index (χ3n) is 4.48. The molecule has 2 rings (SSSR count). The molecule has 0 amide bonds. The number of sulfonamides is 1. The monoisotopic (exact) mass is 406 g/mol. The lowest BCUT2D eigenvalue weighted by molar-refractivity contribution is 0.293. The molecule has 0 aromatic heterocycles. The Kier molecular flexibility index (Phi) is 7.86. The van der Waals surface area contributed by atoms with Gasteiger partial charge in [0.15, 0.2) is 0 Å². The van der Waals surface area contributed by atoms with Crippen LogP contribution in [0.25, 0.3) is 0 Å². The molecule has 1 unspecified atom stereocenters. The molecule has 0 aliphatic rings. The third-order valence-corrected chi connectivity index (χ3v) is 6.31. The van der Waals surface area contributed by atoms with E-state index >= 15 is 0 Å². The largest absolute Gasteiger partial charge is 0.497 e. The van der Waals surface area contributed by atoms with Crippen LogP contribution in [0.3, 0.4) is 0 Å². The molecule has 2 aromatic carbocycles. The van der Waals surface area contributed by atoms with Crippen LogP contribution in [0.1, 0.15) is 25.5 Å². The van der Waals surface area contributed by atoms with E-state index in [1.807, 2.05) is 12.1 Å². The molecule has 0 bridgehead atoms. The van der Waals surface area contributed by atoms with E-state index in [4.69, 9.17) is 9.47 Å². The Balaban J connectivity index is 1.89. The van der Waals surface area contributed by atoms with Crippen molar-refractivity contribution in [3.8, 4) is 11.5 Å². The second-order valence-electron chi connectivity index (χ2n) is 7.06.